The summed E-state index contributed by atoms with van der Waals surface area (Å²) in [5, 5.41) is 0. The first-order valence-electron chi connectivity index (χ1n) is 4.80. The average molecular weight is 200 g/mol. The van der Waals surface area contributed by atoms with E-state index >= 15 is 0 Å². The molecule has 3 nitrogen and oxygen atoms in total. The van der Waals surface area contributed by atoms with Crippen LogP contribution in [0.2, 0.25) is 0 Å². The fourth-order valence-corrected chi connectivity index (χ4v) is 1.24. The van der Waals surface area contributed by atoms with Gasteiger partial charge in [-0.15, -0.1) is 0 Å². The van der Waals surface area contributed by atoms with Crippen LogP contribution >= 0.6 is 0 Å². The Morgan fingerprint density at radius 2 is 2.13 bits per heavy atom. The summed E-state index contributed by atoms with van der Waals surface area (Å²) in [5.74, 6) is 0.652. The maximum atomic E-state index is 5.52. The van der Waals surface area contributed by atoms with Crippen molar-refractivity contribution >= 4 is 0 Å². The van der Waals surface area contributed by atoms with E-state index in [0.29, 0.717) is 12.5 Å². The molecule has 0 aliphatic carbocycles. The van der Waals surface area contributed by atoms with E-state index in [1.165, 1.54) is 0 Å². The van der Waals surface area contributed by atoms with Crippen LogP contribution in [0.3, 0.4) is 0 Å². The van der Waals surface area contributed by atoms with Crippen LogP contribution in [0.1, 0.15) is 11.3 Å². The number of rotatable bonds is 3. The zero-order chi connectivity index (χ0) is 10.5. The molecule has 76 valence electrons. The van der Waals surface area contributed by atoms with Gasteiger partial charge in [-0.05, 0) is 19.1 Å². The first kappa shape index (κ1) is 9.65. The lowest BCUT2D eigenvalue weighted by Crippen LogP contribution is -1.97. The standard InChI is InChI=1S/C12H12N2O/c1-10-4-2-6-12(14-10)15-9-11-5-3-7-13-8-11/h2-8H,9H2,1H3. The molecule has 2 heterocycles. The predicted molar refractivity (Wildman–Crippen MR) is 57.5 cm³/mol. The molecule has 2 rings (SSSR count). The summed E-state index contributed by atoms with van der Waals surface area (Å²) in [7, 11) is 0. The lowest BCUT2D eigenvalue weighted by Gasteiger charge is -2.04. The number of aryl methyl sites for hydroxylation is 1. The van der Waals surface area contributed by atoms with Crippen molar-refractivity contribution in [3.8, 4) is 5.88 Å². The Balaban J connectivity index is 1.99. The maximum absolute atomic E-state index is 5.52. The van der Waals surface area contributed by atoms with Gasteiger partial charge in [0.2, 0.25) is 5.88 Å². The van der Waals surface area contributed by atoms with E-state index in [9.17, 15) is 0 Å². The first-order valence-corrected chi connectivity index (χ1v) is 4.80. The highest BCUT2D eigenvalue weighted by atomic mass is 16.5. The van der Waals surface area contributed by atoms with Gasteiger partial charge in [-0.2, -0.15) is 0 Å². The second-order valence-corrected chi connectivity index (χ2v) is 3.27. The number of aromatic nitrogens is 2. The van der Waals surface area contributed by atoms with E-state index in [1.54, 1.807) is 12.4 Å². The van der Waals surface area contributed by atoms with Crippen LogP contribution in [-0.2, 0) is 6.61 Å². The Labute approximate surface area is 88.8 Å². The Morgan fingerprint density at radius 1 is 1.20 bits per heavy atom. The van der Waals surface area contributed by atoms with Gasteiger partial charge >= 0.3 is 0 Å². The third-order valence-electron chi connectivity index (χ3n) is 1.97. The fraction of sp³-hybridized carbons (Fsp3) is 0.167. The minimum atomic E-state index is 0.504. The summed E-state index contributed by atoms with van der Waals surface area (Å²) in [4.78, 5) is 8.26. The molecule has 0 fully saturated rings. The molecular weight excluding hydrogens is 188 g/mol. The van der Waals surface area contributed by atoms with Crippen molar-refractivity contribution in [2.45, 2.75) is 13.5 Å². The quantitative estimate of drug-likeness (QED) is 0.762. The van der Waals surface area contributed by atoms with Crippen molar-refractivity contribution in [3.63, 3.8) is 0 Å². The average Bonchev–Trinajstić information content (AvgIpc) is 2.28. The lowest BCUT2D eigenvalue weighted by molar-refractivity contribution is 0.293. The van der Waals surface area contributed by atoms with Crippen LogP contribution in [0.25, 0.3) is 0 Å². The molecule has 0 amide bonds. The summed E-state index contributed by atoms with van der Waals surface area (Å²) in [5.41, 5.74) is 2.00. The zero-order valence-corrected chi connectivity index (χ0v) is 8.55. The number of pyridine rings is 2. The van der Waals surface area contributed by atoms with Crippen LogP contribution in [0.4, 0.5) is 0 Å². The minimum Gasteiger partial charge on any atom is -0.473 e. The number of ether oxygens (including phenoxy) is 1. The molecule has 15 heavy (non-hydrogen) atoms. The highest BCUT2D eigenvalue weighted by Crippen LogP contribution is 2.09. The molecule has 0 spiro atoms. The molecule has 0 saturated heterocycles. The smallest absolute Gasteiger partial charge is 0.213 e. The van der Waals surface area contributed by atoms with Crippen molar-refractivity contribution in [3.05, 3.63) is 54.0 Å². The molecule has 0 radical (unpaired) electrons. The molecule has 2 aromatic heterocycles. The molecule has 0 aliphatic rings. The topological polar surface area (TPSA) is 35.0 Å². The maximum Gasteiger partial charge on any atom is 0.213 e. The lowest BCUT2D eigenvalue weighted by atomic mass is 10.3. The van der Waals surface area contributed by atoms with E-state index in [1.807, 2.05) is 37.3 Å². The fourth-order valence-electron chi connectivity index (χ4n) is 1.24. The molecule has 0 atom stereocenters. The third-order valence-corrected chi connectivity index (χ3v) is 1.97. The van der Waals surface area contributed by atoms with Gasteiger partial charge in [-0.25, -0.2) is 4.98 Å². The Hall–Kier alpha value is -1.90. The Bertz CT molecular complexity index is 429. The van der Waals surface area contributed by atoms with Crippen LogP contribution in [0, 0.1) is 6.92 Å². The Morgan fingerprint density at radius 3 is 2.87 bits per heavy atom. The van der Waals surface area contributed by atoms with Crippen molar-refractivity contribution in [2.24, 2.45) is 0 Å². The molecule has 0 bridgehead atoms. The number of nitrogens with zero attached hydrogens (tertiary/aromatic N) is 2. The van der Waals surface area contributed by atoms with E-state index < -0.39 is 0 Å². The predicted octanol–water partition coefficient (Wildman–Crippen LogP) is 2.36. The van der Waals surface area contributed by atoms with Gasteiger partial charge in [0.1, 0.15) is 6.61 Å². The van der Waals surface area contributed by atoms with Gasteiger partial charge < -0.3 is 4.74 Å². The van der Waals surface area contributed by atoms with E-state index in [2.05, 4.69) is 9.97 Å². The third kappa shape index (κ3) is 2.77. The number of hydrogen-bond donors (Lipinski definition) is 0. The molecule has 3 heteroatoms. The highest BCUT2D eigenvalue weighted by molar-refractivity contribution is 5.15. The highest BCUT2D eigenvalue weighted by Gasteiger charge is 1.96. The van der Waals surface area contributed by atoms with Crippen molar-refractivity contribution < 1.29 is 4.74 Å². The van der Waals surface area contributed by atoms with Crippen molar-refractivity contribution in [1.82, 2.24) is 9.97 Å². The number of hydrogen-bond acceptors (Lipinski definition) is 3. The largest absolute Gasteiger partial charge is 0.473 e. The van der Waals surface area contributed by atoms with Gasteiger partial charge in [-0.3, -0.25) is 4.98 Å². The summed E-state index contributed by atoms with van der Waals surface area (Å²) >= 11 is 0. The molecule has 0 aliphatic heterocycles. The normalized spacial score (nSPS) is 9.93. The van der Waals surface area contributed by atoms with Crippen molar-refractivity contribution in [2.75, 3.05) is 0 Å². The molecule has 0 saturated carbocycles. The minimum absolute atomic E-state index is 0.504. The van der Waals surface area contributed by atoms with E-state index in [4.69, 9.17) is 4.74 Å². The van der Waals surface area contributed by atoms with Crippen LogP contribution in [0.5, 0.6) is 5.88 Å². The monoisotopic (exact) mass is 200 g/mol. The Kier molecular flexibility index (Phi) is 2.93. The van der Waals surface area contributed by atoms with Crippen LogP contribution in [-0.4, -0.2) is 9.97 Å². The van der Waals surface area contributed by atoms with Crippen LogP contribution < -0.4 is 4.74 Å². The van der Waals surface area contributed by atoms with Gasteiger partial charge in [0.05, 0.1) is 0 Å². The molecule has 0 unspecified atom stereocenters. The summed E-state index contributed by atoms with van der Waals surface area (Å²) in [6.45, 7) is 2.45. The van der Waals surface area contributed by atoms with Crippen molar-refractivity contribution in [1.29, 1.82) is 0 Å². The summed E-state index contributed by atoms with van der Waals surface area (Å²) in [6, 6.07) is 9.59. The van der Waals surface area contributed by atoms with E-state index in [-0.39, 0.29) is 0 Å². The van der Waals surface area contributed by atoms with Gasteiger partial charge in [0.15, 0.2) is 0 Å². The van der Waals surface area contributed by atoms with Gasteiger partial charge in [0, 0.05) is 29.7 Å². The molecule has 0 N–H and O–H groups in total. The summed E-state index contributed by atoms with van der Waals surface area (Å²) in [6.07, 6.45) is 3.53. The summed E-state index contributed by atoms with van der Waals surface area (Å²) < 4.78 is 5.52. The molecular formula is C12H12N2O. The molecule has 0 aromatic carbocycles. The molecule has 2 aromatic rings. The zero-order valence-electron chi connectivity index (χ0n) is 8.55. The SMILES string of the molecule is Cc1cccc(OCc2cccnc2)n1. The second-order valence-electron chi connectivity index (χ2n) is 3.27. The van der Waals surface area contributed by atoms with Gasteiger partial charge in [0.25, 0.3) is 0 Å². The van der Waals surface area contributed by atoms with Gasteiger partial charge in [-0.1, -0.05) is 12.1 Å². The van der Waals surface area contributed by atoms with E-state index in [0.717, 1.165) is 11.3 Å². The first-order chi connectivity index (χ1) is 7.34. The second kappa shape index (κ2) is 4.55. The van der Waals surface area contributed by atoms with Crippen LogP contribution in [0.15, 0.2) is 42.7 Å².